The zero-order valence-electron chi connectivity index (χ0n) is 17.3. The van der Waals surface area contributed by atoms with Gasteiger partial charge in [0.15, 0.2) is 5.65 Å². The van der Waals surface area contributed by atoms with E-state index in [1.54, 1.807) is 0 Å². The molecule has 156 valence electrons. The number of nitrogens with zero attached hydrogens (tertiary/aromatic N) is 5. The number of pyridine rings is 2. The number of nitrogens with two attached hydrogens (primary N) is 1. The molecule has 1 fully saturated rings. The first kappa shape index (κ1) is 19.9. The highest BCUT2D eigenvalue weighted by Gasteiger charge is 2.18. The molecule has 6 nitrogen and oxygen atoms in total. The number of benzene rings is 1. The molecular weight excluding hydrogens is 452 g/mol. The van der Waals surface area contributed by atoms with E-state index in [1.807, 2.05) is 24.4 Å². The van der Waals surface area contributed by atoms with Gasteiger partial charge in [-0.15, -0.1) is 0 Å². The van der Waals surface area contributed by atoms with Crippen molar-refractivity contribution in [3.05, 3.63) is 59.5 Å². The molecule has 1 saturated heterocycles. The second-order valence-corrected chi connectivity index (χ2v) is 9.01. The van der Waals surface area contributed by atoms with Gasteiger partial charge in [0, 0.05) is 29.3 Å². The quantitative estimate of drug-likeness (QED) is 0.431. The van der Waals surface area contributed by atoms with Crippen molar-refractivity contribution in [2.24, 2.45) is 5.92 Å². The number of hydrogen-bond acceptors (Lipinski definition) is 6. The van der Waals surface area contributed by atoms with Gasteiger partial charge in [-0.25, -0.2) is 19.9 Å². The number of nitrogen functional groups attached to an aromatic ring is 1. The Bertz CT molecular complexity index is 1230. The van der Waals surface area contributed by atoms with Crippen molar-refractivity contribution in [3.8, 4) is 22.4 Å². The second kappa shape index (κ2) is 8.23. The van der Waals surface area contributed by atoms with Gasteiger partial charge in [-0.1, -0.05) is 35.0 Å². The van der Waals surface area contributed by atoms with Gasteiger partial charge >= 0.3 is 0 Å². The molecule has 0 saturated carbocycles. The number of fused-ring (bicyclic) bond motifs is 1. The van der Waals surface area contributed by atoms with Crippen LogP contribution in [0.3, 0.4) is 0 Å². The number of piperidine rings is 1. The second-order valence-electron chi connectivity index (χ2n) is 8.10. The minimum Gasteiger partial charge on any atom is -0.383 e. The Balaban J connectivity index is 1.58. The molecule has 0 unspecified atom stereocenters. The lowest BCUT2D eigenvalue weighted by Crippen LogP contribution is -2.33. The van der Waals surface area contributed by atoms with Gasteiger partial charge < -0.3 is 10.6 Å². The minimum absolute atomic E-state index is 0.423. The standard InChI is InChI=1S/C24H23BrN6/c1-15-7-9-31(10-8-15)21-6-5-17(13-27-21)20-12-19(16-3-2-4-18(25)11-16)22-23(26)28-14-29-24(22)30-20/h2-6,11-15H,7-10H2,1H3,(H2,26,28,29,30). The number of rotatable bonds is 3. The van der Waals surface area contributed by atoms with Crippen molar-refractivity contribution in [2.75, 3.05) is 23.7 Å². The fourth-order valence-corrected chi connectivity index (χ4v) is 4.48. The monoisotopic (exact) mass is 474 g/mol. The molecule has 4 heterocycles. The Labute approximate surface area is 189 Å². The topological polar surface area (TPSA) is 80.8 Å². The van der Waals surface area contributed by atoms with Gasteiger partial charge in [-0.2, -0.15) is 0 Å². The molecule has 0 atom stereocenters. The molecule has 0 radical (unpaired) electrons. The third-order valence-corrected chi connectivity index (χ3v) is 6.41. The van der Waals surface area contributed by atoms with E-state index < -0.39 is 0 Å². The maximum Gasteiger partial charge on any atom is 0.165 e. The summed E-state index contributed by atoms with van der Waals surface area (Å²) in [4.78, 5) is 20.4. The van der Waals surface area contributed by atoms with E-state index in [0.29, 0.717) is 11.5 Å². The first-order valence-electron chi connectivity index (χ1n) is 10.5. The van der Waals surface area contributed by atoms with Gasteiger partial charge in [0.25, 0.3) is 0 Å². The molecule has 5 rings (SSSR count). The summed E-state index contributed by atoms with van der Waals surface area (Å²) in [5.41, 5.74) is 10.5. The van der Waals surface area contributed by atoms with Crippen molar-refractivity contribution < 1.29 is 0 Å². The lowest BCUT2D eigenvalue weighted by atomic mass is 9.99. The fourth-order valence-electron chi connectivity index (χ4n) is 4.08. The fraction of sp³-hybridized carbons (Fsp3) is 0.250. The maximum atomic E-state index is 6.21. The van der Waals surface area contributed by atoms with E-state index in [1.165, 1.54) is 19.2 Å². The number of halogens is 1. The Morgan fingerprint density at radius 3 is 2.58 bits per heavy atom. The summed E-state index contributed by atoms with van der Waals surface area (Å²) in [7, 11) is 0. The molecule has 0 amide bonds. The SMILES string of the molecule is CC1CCN(c2ccc(-c3cc(-c4cccc(Br)c4)c4c(N)ncnc4n3)cn2)CC1. The minimum atomic E-state index is 0.423. The molecule has 1 aliphatic rings. The molecule has 7 heteroatoms. The van der Waals surface area contributed by atoms with Crippen molar-refractivity contribution in [3.63, 3.8) is 0 Å². The molecule has 1 aliphatic heterocycles. The molecule has 1 aromatic carbocycles. The summed E-state index contributed by atoms with van der Waals surface area (Å²) in [5.74, 6) is 2.24. The Hall–Kier alpha value is -3.06. The summed E-state index contributed by atoms with van der Waals surface area (Å²) in [6.45, 7) is 4.44. The predicted octanol–water partition coefficient (Wildman–Crippen LogP) is 5.33. The normalized spacial score (nSPS) is 14.8. The van der Waals surface area contributed by atoms with Gasteiger partial charge in [0.05, 0.1) is 11.1 Å². The van der Waals surface area contributed by atoms with E-state index in [9.17, 15) is 0 Å². The van der Waals surface area contributed by atoms with Crippen LogP contribution in [0.1, 0.15) is 19.8 Å². The Kier molecular flexibility index (Phi) is 5.28. The van der Waals surface area contributed by atoms with E-state index in [4.69, 9.17) is 15.7 Å². The number of anilines is 2. The maximum absolute atomic E-state index is 6.21. The molecule has 0 spiro atoms. The zero-order valence-corrected chi connectivity index (χ0v) is 18.9. The third kappa shape index (κ3) is 3.97. The van der Waals surface area contributed by atoms with Crippen molar-refractivity contribution in [1.29, 1.82) is 0 Å². The predicted molar refractivity (Wildman–Crippen MR) is 129 cm³/mol. The van der Waals surface area contributed by atoms with E-state index in [0.717, 1.165) is 57.1 Å². The Morgan fingerprint density at radius 1 is 1.00 bits per heavy atom. The average Bonchev–Trinajstić information content (AvgIpc) is 2.79. The first-order chi connectivity index (χ1) is 15.1. The third-order valence-electron chi connectivity index (χ3n) is 5.92. The van der Waals surface area contributed by atoms with Crippen molar-refractivity contribution in [1.82, 2.24) is 19.9 Å². The van der Waals surface area contributed by atoms with Crippen molar-refractivity contribution in [2.45, 2.75) is 19.8 Å². The number of hydrogen-bond donors (Lipinski definition) is 1. The highest BCUT2D eigenvalue weighted by molar-refractivity contribution is 9.10. The van der Waals surface area contributed by atoms with Crippen LogP contribution in [0, 0.1) is 5.92 Å². The van der Waals surface area contributed by atoms with Gasteiger partial charge in [0.1, 0.15) is 18.0 Å². The van der Waals surface area contributed by atoms with Crippen LogP contribution >= 0.6 is 15.9 Å². The van der Waals surface area contributed by atoms with Crippen LogP contribution in [0.5, 0.6) is 0 Å². The molecule has 2 N–H and O–H groups in total. The van der Waals surface area contributed by atoms with Crippen LogP contribution in [0.2, 0.25) is 0 Å². The lowest BCUT2D eigenvalue weighted by molar-refractivity contribution is 0.436. The van der Waals surface area contributed by atoms with Gasteiger partial charge in [0.2, 0.25) is 0 Å². The zero-order chi connectivity index (χ0) is 21.4. The van der Waals surface area contributed by atoms with Crippen LogP contribution in [0.25, 0.3) is 33.4 Å². The lowest BCUT2D eigenvalue weighted by Gasteiger charge is -2.31. The summed E-state index contributed by atoms with van der Waals surface area (Å²) in [5, 5.41) is 0.761. The molecule has 0 bridgehead atoms. The van der Waals surface area contributed by atoms with Crippen molar-refractivity contribution >= 4 is 38.6 Å². The van der Waals surface area contributed by atoms with E-state index in [2.05, 4.69) is 62.0 Å². The molecule has 31 heavy (non-hydrogen) atoms. The summed E-state index contributed by atoms with van der Waals surface area (Å²) >= 11 is 3.56. The first-order valence-corrected chi connectivity index (χ1v) is 11.3. The molecular formula is C24H23BrN6. The van der Waals surface area contributed by atoms with Crippen LogP contribution < -0.4 is 10.6 Å². The molecule has 0 aliphatic carbocycles. The van der Waals surface area contributed by atoms with Crippen LogP contribution in [-0.4, -0.2) is 33.0 Å². The van der Waals surface area contributed by atoms with E-state index >= 15 is 0 Å². The van der Waals surface area contributed by atoms with E-state index in [-0.39, 0.29) is 0 Å². The highest BCUT2D eigenvalue weighted by atomic mass is 79.9. The summed E-state index contributed by atoms with van der Waals surface area (Å²) in [6.07, 6.45) is 5.79. The smallest absolute Gasteiger partial charge is 0.165 e. The largest absolute Gasteiger partial charge is 0.383 e. The number of aromatic nitrogens is 4. The highest BCUT2D eigenvalue weighted by Crippen LogP contribution is 2.34. The Morgan fingerprint density at radius 2 is 1.84 bits per heavy atom. The van der Waals surface area contributed by atoms with Crippen LogP contribution in [-0.2, 0) is 0 Å². The average molecular weight is 475 g/mol. The van der Waals surface area contributed by atoms with Gasteiger partial charge in [-0.05, 0) is 60.2 Å². The molecule has 3 aromatic heterocycles. The summed E-state index contributed by atoms with van der Waals surface area (Å²) in [6, 6.07) is 14.3. The van der Waals surface area contributed by atoms with Gasteiger partial charge in [-0.3, -0.25) is 0 Å². The van der Waals surface area contributed by atoms with Crippen LogP contribution in [0.4, 0.5) is 11.6 Å². The van der Waals surface area contributed by atoms with Crippen LogP contribution in [0.15, 0.2) is 59.5 Å². The molecule has 4 aromatic rings. The summed E-state index contributed by atoms with van der Waals surface area (Å²) < 4.78 is 0.994.